The van der Waals surface area contributed by atoms with Crippen molar-refractivity contribution in [3.05, 3.63) is 35.9 Å². The smallest absolute Gasteiger partial charge is 0.0975 e. The quantitative estimate of drug-likeness (QED) is 0.803. The van der Waals surface area contributed by atoms with Crippen LogP contribution in [0.3, 0.4) is 0 Å². The Hall–Kier alpha value is -1.15. The minimum atomic E-state index is -0.0879. The third-order valence-electron chi connectivity index (χ3n) is 6.33. The normalized spacial score (nSPS) is 37.8. The van der Waals surface area contributed by atoms with Crippen molar-refractivity contribution in [3.63, 3.8) is 0 Å². The number of hydrogen-bond acceptors (Lipinski definition) is 2. The zero-order valence-electron chi connectivity index (χ0n) is 13.3. The van der Waals surface area contributed by atoms with Gasteiger partial charge >= 0.3 is 0 Å². The minimum Gasteiger partial charge on any atom is -0.394 e. The second-order valence-corrected chi connectivity index (χ2v) is 8.06. The average molecular weight is 297 g/mol. The Morgan fingerprint density at radius 3 is 2.18 bits per heavy atom. The molecule has 1 N–H and O–H groups in total. The Morgan fingerprint density at radius 1 is 1.05 bits per heavy atom. The van der Waals surface area contributed by atoms with Gasteiger partial charge in [-0.15, -0.1) is 0 Å². The van der Waals surface area contributed by atoms with Crippen molar-refractivity contribution in [2.45, 2.75) is 51.0 Å². The summed E-state index contributed by atoms with van der Waals surface area (Å²) in [5.74, 6) is 3.01. The predicted molar refractivity (Wildman–Crippen MR) is 90.0 cm³/mol. The van der Waals surface area contributed by atoms with Crippen LogP contribution in [-0.4, -0.2) is 17.9 Å². The molecular weight excluding hydrogens is 270 g/mol. The van der Waals surface area contributed by atoms with Crippen LogP contribution >= 0.6 is 0 Å². The van der Waals surface area contributed by atoms with E-state index in [0.717, 1.165) is 29.7 Å². The van der Waals surface area contributed by atoms with Gasteiger partial charge in [-0.05, 0) is 73.7 Å². The number of aliphatic imine (C=N–C) groups is 1. The molecule has 0 aliphatic heterocycles. The largest absolute Gasteiger partial charge is 0.394 e. The summed E-state index contributed by atoms with van der Waals surface area (Å²) in [4.78, 5) is 4.71. The van der Waals surface area contributed by atoms with Gasteiger partial charge < -0.3 is 5.11 Å². The molecule has 1 atom stereocenters. The summed E-state index contributed by atoms with van der Waals surface area (Å²) < 4.78 is 0. The maximum Gasteiger partial charge on any atom is 0.0975 e. The zero-order chi connectivity index (χ0) is 15.0. The highest BCUT2D eigenvalue weighted by Crippen LogP contribution is 2.61. The van der Waals surface area contributed by atoms with E-state index in [4.69, 9.17) is 4.99 Å². The fraction of sp³-hybridized carbons (Fsp3) is 0.650. The molecule has 1 aromatic rings. The van der Waals surface area contributed by atoms with Gasteiger partial charge in [0, 0.05) is 6.21 Å². The predicted octanol–water partition coefficient (Wildman–Crippen LogP) is 4.40. The molecule has 4 aliphatic rings. The molecule has 0 radical (unpaired) electrons. The molecule has 1 unspecified atom stereocenters. The molecule has 1 aromatic carbocycles. The molecule has 22 heavy (non-hydrogen) atoms. The summed E-state index contributed by atoms with van der Waals surface area (Å²) in [5, 5.41) is 9.63. The molecule has 0 saturated heterocycles. The van der Waals surface area contributed by atoms with Crippen molar-refractivity contribution >= 4 is 6.21 Å². The topological polar surface area (TPSA) is 32.6 Å². The van der Waals surface area contributed by atoms with E-state index >= 15 is 0 Å². The molecular formula is C20H27NO. The van der Waals surface area contributed by atoms with Crippen LogP contribution in [0.5, 0.6) is 0 Å². The van der Waals surface area contributed by atoms with Crippen LogP contribution in [0.1, 0.15) is 56.6 Å². The lowest BCUT2D eigenvalue weighted by molar-refractivity contribution is -0.0476. The highest BCUT2D eigenvalue weighted by atomic mass is 16.3. The molecule has 118 valence electrons. The maximum atomic E-state index is 9.63. The Bertz CT molecular complexity index is 501. The zero-order valence-corrected chi connectivity index (χ0v) is 13.3. The van der Waals surface area contributed by atoms with Gasteiger partial charge in [-0.3, -0.25) is 4.99 Å². The monoisotopic (exact) mass is 297 g/mol. The van der Waals surface area contributed by atoms with Crippen molar-refractivity contribution in [2.75, 3.05) is 6.61 Å². The highest BCUT2D eigenvalue weighted by Gasteiger charge is 2.50. The molecule has 5 rings (SSSR count). The number of nitrogens with zero attached hydrogens (tertiary/aromatic N) is 1. The highest BCUT2D eigenvalue weighted by molar-refractivity contribution is 5.59. The summed E-state index contributed by atoms with van der Waals surface area (Å²) in [7, 11) is 0. The molecule has 4 aliphatic carbocycles. The fourth-order valence-corrected chi connectivity index (χ4v) is 5.83. The van der Waals surface area contributed by atoms with Crippen molar-refractivity contribution in [1.29, 1.82) is 0 Å². The lowest BCUT2D eigenvalue weighted by Gasteiger charge is -2.56. The molecule has 4 saturated carbocycles. The third-order valence-corrected chi connectivity index (χ3v) is 6.33. The Labute approximate surface area is 133 Å². The van der Waals surface area contributed by atoms with E-state index < -0.39 is 0 Å². The molecule has 2 nitrogen and oxygen atoms in total. The molecule has 2 heteroatoms. The number of benzene rings is 1. The van der Waals surface area contributed by atoms with Crippen LogP contribution in [0.2, 0.25) is 0 Å². The van der Waals surface area contributed by atoms with Gasteiger partial charge in [0.15, 0.2) is 0 Å². The molecule has 4 bridgehead atoms. The van der Waals surface area contributed by atoms with Crippen LogP contribution in [0.15, 0.2) is 35.3 Å². The summed E-state index contributed by atoms with van der Waals surface area (Å²) >= 11 is 0. The number of hydrogen-bond donors (Lipinski definition) is 1. The fourth-order valence-electron chi connectivity index (χ4n) is 5.83. The third kappa shape index (κ3) is 2.74. The number of aliphatic hydroxyl groups is 1. The van der Waals surface area contributed by atoms with Crippen molar-refractivity contribution in [1.82, 2.24) is 0 Å². The molecule has 4 fully saturated rings. The first kappa shape index (κ1) is 14.4. The lowest BCUT2D eigenvalue weighted by Crippen LogP contribution is -2.46. The van der Waals surface area contributed by atoms with Crippen molar-refractivity contribution in [3.8, 4) is 0 Å². The standard InChI is InChI=1S/C20H27NO/c22-14-19(18-4-2-1-3-5-18)21-7-6-20-11-15-8-16(12-20)10-17(9-15)13-20/h1-5,7,15-17,19,22H,6,8-14H2. The van der Waals surface area contributed by atoms with Gasteiger partial charge in [-0.25, -0.2) is 0 Å². The summed E-state index contributed by atoms with van der Waals surface area (Å²) in [5.41, 5.74) is 1.67. The van der Waals surface area contributed by atoms with Gasteiger partial charge in [-0.1, -0.05) is 30.3 Å². The SMILES string of the molecule is OCC(N=CCC12CC3CC(CC(C3)C1)C2)c1ccccc1. The van der Waals surface area contributed by atoms with Crippen LogP contribution in [0, 0.1) is 23.2 Å². The van der Waals surface area contributed by atoms with E-state index in [1.54, 1.807) is 0 Å². The van der Waals surface area contributed by atoms with Crippen molar-refractivity contribution < 1.29 is 5.11 Å². The van der Waals surface area contributed by atoms with Crippen LogP contribution in [-0.2, 0) is 0 Å². The van der Waals surface area contributed by atoms with E-state index in [-0.39, 0.29) is 12.6 Å². The number of aliphatic hydroxyl groups excluding tert-OH is 1. The second-order valence-electron chi connectivity index (χ2n) is 8.06. The van der Waals surface area contributed by atoms with E-state index in [9.17, 15) is 5.11 Å². The van der Waals surface area contributed by atoms with Crippen molar-refractivity contribution in [2.24, 2.45) is 28.2 Å². The van der Waals surface area contributed by atoms with E-state index in [1.165, 1.54) is 38.5 Å². The second kappa shape index (κ2) is 5.81. The summed E-state index contributed by atoms with van der Waals surface area (Å²) in [6.07, 6.45) is 12.1. The van der Waals surface area contributed by atoms with Gasteiger partial charge in [0.05, 0.1) is 12.6 Å². The van der Waals surface area contributed by atoms with Gasteiger partial charge in [0.1, 0.15) is 0 Å². The first-order chi connectivity index (χ1) is 10.8. The van der Waals surface area contributed by atoms with Gasteiger partial charge in [-0.2, -0.15) is 0 Å². The van der Waals surface area contributed by atoms with Crippen LogP contribution in [0.25, 0.3) is 0 Å². The Morgan fingerprint density at radius 2 is 1.64 bits per heavy atom. The minimum absolute atomic E-state index is 0.0879. The average Bonchev–Trinajstić information content (AvgIpc) is 2.51. The van der Waals surface area contributed by atoms with E-state index in [1.807, 2.05) is 18.2 Å². The van der Waals surface area contributed by atoms with E-state index in [0.29, 0.717) is 5.41 Å². The first-order valence-corrected chi connectivity index (χ1v) is 8.94. The van der Waals surface area contributed by atoms with Gasteiger partial charge in [0.25, 0.3) is 0 Å². The summed E-state index contributed by atoms with van der Waals surface area (Å²) in [6.45, 7) is 0.0986. The van der Waals surface area contributed by atoms with Crippen LogP contribution in [0.4, 0.5) is 0 Å². The number of rotatable bonds is 5. The van der Waals surface area contributed by atoms with Crippen LogP contribution < -0.4 is 0 Å². The molecule has 0 amide bonds. The first-order valence-electron chi connectivity index (χ1n) is 8.94. The lowest BCUT2D eigenvalue weighted by atomic mass is 9.49. The maximum absolute atomic E-state index is 9.63. The van der Waals surface area contributed by atoms with E-state index in [2.05, 4.69) is 18.3 Å². The Kier molecular flexibility index (Phi) is 3.81. The molecule has 0 heterocycles. The summed E-state index contributed by atoms with van der Waals surface area (Å²) in [6, 6.07) is 10.1. The Balaban J connectivity index is 1.43. The molecule has 0 spiro atoms. The van der Waals surface area contributed by atoms with Gasteiger partial charge in [0.2, 0.25) is 0 Å². The molecule has 0 aromatic heterocycles.